The summed E-state index contributed by atoms with van der Waals surface area (Å²) < 4.78 is 36.9. The molecule has 0 amide bonds. The van der Waals surface area contributed by atoms with Gasteiger partial charge in [0, 0.05) is 6.54 Å². The summed E-state index contributed by atoms with van der Waals surface area (Å²) in [5, 5.41) is 3.37. The highest BCUT2D eigenvalue weighted by atomic mass is 19.4. The number of nitrogens with one attached hydrogen (secondary N) is 1. The summed E-state index contributed by atoms with van der Waals surface area (Å²) in [5.41, 5.74) is 1.33. The molecule has 0 spiro atoms. The largest absolute Gasteiger partial charge is 0.401 e. The number of nitrogens with zero attached hydrogens (tertiary/aromatic N) is 1. The molecule has 118 valence electrons. The fraction of sp³-hybridized carbons (Fsp3) is 0.625. The Morgan fingerprint density at radius 2 is 1.95 bits per heavy atom. The van der Waals surface area contributed by atoms with Crippen LogP contribution in [0.1, 0.15) is 18.4 Å². The molecule has 1 aliphatic rings. The fourth-order valence-corrected chi connectivity index (χ4v) is 2.85. The summed E-state index contributed by atoms with van der Waals surface area (Å²) in [5.74, 6) is 0.351. The lowest BCUT2D eigenvalue weighted by Gasteiger charge is -2.18. The van der Waals surface area contributed by atoms with Crippen LogP contribution in [0.3, 0.4) is 0 Å². The molecule has 1 aromatic rings. The quantitative estimate of drug-likeness (QED) is 0.779. The van der Waals surface area contributed by atoms with Crippen LogP contribution in [0.4, 0.5) is 13.2 Å². The Morgan fingerprint density at radius 3 is 2.67 bits per heavy atom. The molecule has 1 N–H and O–H groups in total. The van der Waals surface area contributed by atoms with Crippen LogP contribution in [0.2, 0.25) is 0 Å². The molecule has 0 bridgehead atoms. The van der Waals surface area contributed by atoms with Crippen molar-refractivity contribution in [1.82, 2.24) is 10.2 Å². The lowest BCUT2D eigenvalue weighted by molar-refractivity contribution is -0.143. The summed E-state index contributed by atoms with van der Waals surface area (Å²) in [6.07, 6.45) is -1.11. The van der Waals surface area contributed by atoms with Gasteiger partial charge in [0.15, 0.2) is 0 Å². The van der Waals surface area contributed by atoms with Gasteiger partial charge in [-0.1, -0.05) is 30.3 Å². The second kappa shape index (κ2) is 7.80. The molecule has 0 aliphatic carbocycles. The number of benzene rings is 1. The third-order valence-corrected chi connectivity index (χ3v) is 3.87. The predicted octanol–water partition coefficient (Wildman–Crippen LogP) is 3.09. The Bertz CT molecular complexity index is 406. The Hall–Kier alpha value is -1.07. The number of halogens is 3. The van der Waals surface area contributed by atoms with Gasteiger partial charge < -0.3 is 5.32 Å². The zero-order valence-electron chi connectivity index (χ0n) is 12.2. The van der Waals surface area contributed by atoms with Gasteiger partial charge in [0.1, 0.15) is 0 Å². The van der Waals surface area contributed by atoms with Crippen LogP contribution in [0.5, 0.6) is 0 Å². The Balaban J connectivity index is 1.54. The molecule has 1 heterocycles. The molecule has 1 fully saturated rings. The van der Waals surface area contributed by atoms with Crippen molar-refractivity contribution >= 4 is 0 Å². The number of rotatable bonds is 7. The van der Waals surface area contributed by atoms with E-state index in [1.807, 2.05) is 18.2 Å². The monoisotopic (exact) mass is 300 g/mol. The van der Waals surface area contributed by atoms with Gasteiger partial charge in [0.2, 0.25) is 0 Å². The Labute approximate surface area is 124 Å². The van der Waals surface area contributed by atoms with Crippen molar-refractivity contribution in [3.05, 3.63) is 35.9 Å². The van der Waals surface area contributed by atoms with Crippen LogP contribution in [0.15, 0.2) is 30.3 Å². The molecule has 0 aromatic heterocycles. The number of alkyl halides is 3. The van der Waals surface area contributed by atoms with Gasteiger partial charge in [-0.2, -0.15) is 13.2 Å². The smallest absolute Gasteiger partial charge is 0.316 e. The molecule has 2 nitrogen and oxygen atoms in total. The van der Waals surface area contributed by atoms with Crippen LogP contribution >= 0.6 is 0 Å². The van der Waals surface area contributed by atoms with E-state index in [-0.39, 0.29) is 0 Å². The molecule has 0 saturated carbocycles. The third-order valence-electron chi connectivity index (χ3n) is 3.87. The Morgan fingerprint density at radius 1 is 1.19 bits per heavy atom. The van der Waals surface area contributed by atoms with Gasteiger partial charge >= 0.3 is 6.18 Å². The van der Waals surface area contributed by atoms with Gasteiger partial charge in [0.25, 0.3) is 0 Å². The van der Waals surface area contributed by atoms with E-state index in [4.69, 9.17) is 0 Å². The lowest BCUT2D eigenvalue weighted by atomic mass is 10.1. The van der Waals surface area contributed by atoms with Crippen molar-refractivity contribution in [2.75, 3.05) is 32.7 Å². The van der Waals surface area contributed by atoms with E-state index in [0.29, 0.717) is 19.0 Å². The highest BCUT2D eigenvalue weighted by molar-refractivity contribution is 5.14. The van der Waals surface area contributed by atoms with Crippen molar-refractivity contribution in [1.29, 1.82) is 0 Å². The molecule has 1 saturated heterocycles. The van der Waals surface area contributed by atoms with E-state index in [9.17, 15) is 13.2 Å². The van der Waals surface area contributed by atoms with Crippen LogP contribution < -0.4 is 5.32 Å². The second-order valence-electron chi connectivity index (χ2n) is 5.80. The zero-order chi connectivity index (χ0) is 15.1. The highest BCUT2D eigenvalue weighted by Gasteiger charge is 2.34. The van der Waals surface area contributed by atoms with E-state index in [1.165, 1.54) is 10.5 Å². The van der Waals surface area contributed by atoms with Crippen molar-refractivity contribution in [2.45, 2.75) is 25.4 Å². The minimum Gasteiger partial charge on any atom is -0.316 e. The molecular weight excluding hydrogens is 277 g/mol. The first kappa shape index (κ1) is 16.3. The summed E-state index contributed by atoms with van der Waals surface area (Å²) in [6.45, 7) is 2.10. The molecule has 1 aliphatic heterocycles. The molecule has 21 heavy (non-hydrogen) atoms. The lowest BCUT2D eigenvalue weighted by Crippen LogP contribution is -2.33. The first-order valence-corrected chi connectivity index (χ1v) is 7.57. The number of likely N-dealkylation sites (tertiary alicyclic amines) is 1. The fourth-order valence-electron chi connectivity index (χ4n) is 2.85. The second-order valence-corrected chi connectivity index (χ2v) is 5.80. The van der Waals surface area contributed by atoms with Crippen molar-refractivity contribution in [3.63, 3.8) is 0 Å². The maximum absolute atomic E-state index is 12.3. The molecule has 1 aromatic carbocycles. The summed E-state index contributed by atoms with van der Waals surface area (Å²) in [6, 6.07) is 10.3. The first-order chi connectivity index (χ1) is 10.0. The van der Waals surface area contributed by atoms with Crippen molar-refractivity contribution in [3.8, 4) is 0 Å². The van der Waals surface area contributed by atoms with Crippen LogP contribution in [-0.4, -0.2) is 43.8 Å². The topological polar surface area (TPSA) is 15.3 Å². The summed E-state index contributed by atoms with van der Waals surface area (Å²) in [7, 11) is 0. The van der Waals surface area contributed by atoms with Crippen molar-refractivity contribution in [2.24, 2.45) is 5.92 Å². The maximum atomic E-state index is 12.3. The van der Waals surface area contributed by atoms with E-state index >= 15 is 0 Å². The maximum Gasteiger partial charge on any atom is 0.401 e. The molecular formula is C16H23F3N2. The predicted molar refractivity (Wildman–Crippen MR) is 78.2 cm³/mol. The van der Waals surface area contributed by atoms with Crippen LogP contribution in [-0.2, 0) is 6.42 Å². The van der Waals surface area contributed by atoms with Gasteiger partial charge in [-0.3, -0.25) is 4.90 Å². The molecule has 1 unspecified atom stereocenters. The number of hydrogen-bond donors (Lipinski definition) is 1. The Kier molecular flexibility index (Phi) is 6.06. The third kappa shape index (κ3) is 6.48. The minimum atomic E-state index is -4.07. The van der Waals surface area contributed by atoms with E-state index in [2.05, 4.69) is 17.4 Å². The van der Waals surface area contributed by atoms with E-state index in [0.717, 1.165) is 32.4 Å². The van der Waals surface area contributed by atoms with Gasteiger partial charge in [-0.15, -0.1) is 0 Å². The van der Waals surface area contributed by atoms with Gasteiger partial charge in [-0.25, -0.2) is 0 Å². The average Bonchev–Trinajstić information content (AvgIpc) is 2.85. The minimum absolute atomic E-state index is 0.351. The van der Waals surface area contributed by atoms with E-state index in [1.54, 1.807) is 0 Å². The highest BCUT2D eigenvalue weighted by Crippen LogP contribution is 2.22. The number of hydrogen-bond acceptors (Lipinski definition) is 2. The summed E-state index contributed by atoms with van der Waals surface area (Å²) in [4.78, 5) is 1.51. The standard InChI is InChI=1S/C16H23F3N2/c17-16(18,19)13-21-10-8-15(12-21)11-20-9-4-7-14-5-2-1-3-6-14/h1-3,5-6,15,20H,4,7-13H2. The van der Waals surface area contributed by atoms with Crippen LogP contribution in [0, 0.1) is 5.92 Å². The normalized spacial score (nSPS) is 20.0. The number of aryl methyl sites for hydroxylation is 1. The zero-order valence-corrected chi connectivity index (χ0v) is 12.2. The first-order valence-electron chi connectivity index (χ1n) is 7.57. The molecule has 1 atom stereocenters. The van der Waals surface area contributed by atoms with Crippen molar-refractivity contribution < 1.29 is 13.2 Å². The van der Waals surface area contributed by atoms with Gasteiger partial charge in [-0.05, 0) is 50.4 Å². The summed E-state index contributed by atoms with van der Waals surface area (Å²) >= 11 is 0. The van der Waals surface area contributed by atoms with Crippen LogP contribution in [0.25, 0.3) is 0 Å². The molecule has 5 heteroatoms. The average molecular weight is 300 g/mol. The van der Waals surface area contributed by atoms with E-state index < -0.39 is 12.7 Å². The van der Waals surface area contributed by atoms with Gasteiger partial charge in [0.05, 0.1) is 6.54 Å². The molecule has 0 radical (unpaired) electrons. The molecule has 2 rings (SSSR count). The SMILES string of the molecule is FC(F)(F)CN1CCC(CNCCCc2ccccc2)C1.